The van der Waals surface area contributed by atoms with Crippen molar-refractivity contribution in [3.63, 3.8) is 0 Å². The number of methoxy groups -OCH3 is 1. The summed E-state index contributed by atoms with van der Waals surface area (Å²) in [5.41, 5.74) is 1.00. The Labute approximate surface area is 203 Å². The Balaban J connectivity index is 0.000000540. The lowest BCUT2D eigenvalue weighted by Crippen LogP contribution is -2.47. The number of nitrogens with zero attached hydrogens (tertiary/aromatic N) is 4. The van der Waals surface area contributed by atoms with Crippen LogP contribution in [0.4, 0.5) is 18.0 Å². The number of halogens is 3. The van der Waals surface area contributed by atoms with Gasteiger partial charge in [0.15, 0.2) is 0 Å². The molecular formula is C23H33F3N4O5. The van der Waals surface area contributed by atoms with E-state index in [1.807, 2.05) is 28.9 Å². The second-order valence-corrected chi connectivity index (χ2v) is 9.04. The molecule has 35 heavy (non-hydrogen) atoms. The molecule has 196 valence electrons. The topological polar surface area (TPSA) is 93.6 Å². The minimum Gasteiger partial charge on any atom is -0.497 e. The summed E-state index contributed by atoms with van der Waals surface area (Å²) in [6.45, 7) is 7.19. The first-order valence-corrected chi connectivity index (χ1v) is 11.2. The zero-order chi connectivity index (χ0) is 26.4. The van der Waals surface area contributed by atoms with E-state index in [1.165, 1.54) is 5.56 Å². The van der Waals surface area contributed by atoms with E-state index in [-0.39, 0.29) is 17.4 Å². The van der Waals surface area contributed by atoms with E-state index in [2.05, 4.69) is 17.0 Å². The standard InChI is InChI=1S/C21H32N4O3.C2HF3O2/c1-5-24-15-21(12-19(24)26)14-23(10-11-25(16-21)20(27)22(2)3)13-17-6-8-18(28-4)9-7-17;3-2(4,5)1(6)7/h6-9H,5,10-16H2,1-4H3;(H,6,7). The van der Waals surface area contributed by atoms with Crippen LogP contribution in [0.15, 0.2) is 24.3 Å². The second kappa shape index (κ2) is 11.6. The summed E-state index contributed by atoms with van der Waals surface area (Å²) >= 11 is 0. The Bertz CT molecular complexity index is 894. The van der Waals surface area contributed by atoms with Gasteiger partial charge in [-0.15, -0.1) is 0 Å². The maximum Gasteiger partial charge on any atom is 0.490 e. The van der Waals surface area contributed by atoms with Gasteiger partial charge >= 0.3 is 18.2 Å². The monoisotopic (exact) mass is 502 g/mol. The normalized spacial score (nSPS) is 20.8. The molecule has 2 aliphatic rings. The van der Waals surface area contributed by atoms with Crippen molar-refractivity contribution in [2.45, 2.75) is 26.1 Å². The fraction of sp³-hybridized carbons (Fsp3) is 0.609. The number of aliphatic carboxylic acids is 1. The van der Waals surface area contributed by atoms with Crippen LogP contribution in [0.5, 0.6) is 5.75 Å². The van der Waals surface area contributed by atoms with E-state index in [4.69, 9.17) is 14.6 Å². The first-order valence-electron chi connectivity index (χ1n) is 11.2. The van der Waals surface area contributed by atoms with Crippen molar-refractivity contribution in [1.29, 1.82) is 0 Å². The maximum atomic E-state index is 12.7. The summed E-state index contributed by atoms with van der Waals surface area (Å²) in [5, 5.41) is 7.12. The van der Waals surface area contributed by atoms with E-state index in [9.17, 15) is 22.8 Å². The number of rotatable bonds is 4. The molecule has 9 nitrogen and oxygen atoms in total. The average molecular weight is 503 g/mol. The summed E-state index contributed by atoms with van der Waals surface area (Å²) in [6, 6.07) is 8.13. The number of ether oxygens (including phenoxy) is 1. The predicted molar refractivity (Wildman–Crippen MR) is 122 cm³/mol. The zero-order valence-corrected chi connectivity index (χ0v) is 20.5. The van der Waals surface area contributed by atoms with Gasteiger partial charge in [-0.05, 0) is 24.6 Å². The van der Waals surface area contributed by atoms with Crippen LogP contribution in [-0.2, 0) is 16.1 Å². The van der Waals surface area contributed by atoms with E-state index in [0.29, 0.717) is 19.5 Å². The molecule has 0 aromatic heterocycles. The number of carboxylic acid groups (broad SMARTS) is 1. The molecule has 0 bridgehead atoms. The molecule has 2 heterocycles. The van der Waals surface area contributed by atoms with Crippen molar-refractivity contribution in [2.75, 3.05) is 60.5 Å². The number of carbonyl (C=O) groups is 3. The quantitative estimate of drug-likeness (QED) is 0.680. The van der Waals surface area contributed by atoms with Crippen molar-refractivity contribution in [3.8, 4) is 5.75 Å². The van der Waals surface area contributed by atoms with Gasteiger partial charge in [-0.2, -0.15) is 13.2 Å². The SMILES string of the molecule is CCN1CC2(CC1=O)CN(Cc1ccc(OC)cc1)CCN(C(=O)N(C)C)C2.O=C(O)C(F)(F)F. The minimum atomic E-state index is -5.08. The highest BCUT2D eigenvalue weighted by molar-refractivity contribution is 5.80. The first-order chi connectivity index (χ1) is 16.3. The molecule has 0 saturated carbocycles. The molecule has 1 atom stereocenters. The summed E-state index contributed by atoms with van der Waals surface area (Å²) in [5.74, 6) is -1.71. The molecule has 1 aromatic carbocycles. The van der Waals surface area contributed by atoms with Gasteiger partial charge < -0.3 is 24.5 Å². The lowest BCUT2D eigenvalue weighted by Gasteiger charge is -2.34. The molecule has 12 heteroatoms. The number of benzene rings is 1. The van der Waals surface area contributed by atoms with Crippen LogP contribution in [0.2, 0.25) is 0 Å². The molecule has 1 aromatic rings. The summed E-state index contributed by atoms with van der Waals surface area (Å²) in [7, 11) is 5.24. The molecule has 1 spiro atoms. The first kappa shape index (κ1) is 28.2. The Hall–Kier alpha value is -3.02. The third kappa shape index (κ3) is 7.74. The van der Waals surface area contributed by atoms with E-state index >= 15 is 0 Å². The van der Waals surface area contributed by atoms with Gasteiger partial charge in [0, 0.05) is 71.7 Å². The average Bonchev–Trinajstić information content (AvgIpc) is 2.99. The Morgan fingerprint density at radius 2 is 1.71 bits per heavy atom. The molecule has 3 amide bonds. The van der Waals surface area contributed by atoms with E-state index in [0.717, 1.165) is 38.5 Å². The van der Waals surface area contributed by atoms with Crippen LogP contribution >= 0.6 is 0 Å². The molecule has 0 aliphatic carbocycles. The molecule has 3 rings (SSSR count). The van der Waals surface area contributed by atoms with Crippen LogP contribution in [0.25, 0.3) is 0 Å². The maximum absolute atomic E-state index is 12.7. The number of carbonyl (C=O) groups excluding carboxylic acids is 2. The number of hydrogen-bond donors (Lipinski definition) is 1. The number of carboxylic acids is 1. The molecule has 0 radical (unpaired) electrons. The third-order valence-electron chi connectivity index (χ3n) is 6.02. The Morgan fingerprint density at radius 3 is 2.17 bits per heavy atom. The number of amides is 3. The predicted octanol–water partition coefficient (Wildman–Crippen LogP) is 2.37. The largest absolute Gasteiger partial charge is 0.497 e. The third-order valence-corrected chi connectivity index (χ3v) is 6.02. The van der Waals surface area contributed by atoms with Crippen LogP contribution < -0.4 is 4.74 Å². The lowest BCUT2D eigenvalue weighted by molar-refractivity contribution is -0.192. The van der Waals surface area contributed by atoms with Crippen molar-refractivity contribution in [3.05, 3.63) is 29.8 Å². The Kier molecular flexibility index (Phi) is 9.36. The zero-order valence-electron chi connectivity index (χ0n) is 20.5. The summed E-state index contributed by atoms with van der Waals surface area (Å²) in [4.78, 5) is 41.9. The fourth-order valence-corrected chi connectivity index (χ4v) is 4.40. The number of likely N-dealkylation sites (tertiary alicyclic amines) is 1. The molecule has 2 fully saturated rings. The lowest BCUT2D eigenvalue weighted by atomic mass is 9.86. The van der Waals surface area contributed by atoms with Gasteiger partial charge in [-0.1, -0.05) is 12.1 Å². The number of alkyl halides is 3. The van der Waals surface area contributed by atoms with Crippen molar-refractivity contribution in [1.82, 2.24) is 19.6 Å². The smallest absolute Gasteiger partial charge is 0.490 e. The number of hydrogen-bond acceptors (Lipinski definition) is 5. The highest BCUT2D eigenvalue weighted by atomic mass is 19.4. The van der Waals surface area contributed by atoms with Gasteiger partial charge in [0.1, 0.15) is 5.75 Å². The van der Waals surface area contributed by atoms with Gasteiger partial charge in [0.25, 0.3) is 0 Å². The van der Waals surface area contributed by atoms with Gasteiger partial charge in [0.05, 0.1) is 7.11 Å². The van der Waals surface area contributed by atoms with E-state index < -0.39 is 12.1 Å². The Morgan fingerprint density at radius 1 is 1.11 bits per heavy atom. The van der Waals surface area contributed by atoms with Crippen LogP contribution in [0, 0.1) is 5.41 Å². The van der Waals surface area contributed by atoms with Crippen molar-refractivity contribution < 1.29 is 37.4 Å². The van der Waals surface area contributed by atoms with Crippen molar-refractivity contribution in [2.24, 2.45) is 5.41 Å². The van der Waals surface area contributed by atoms with Crippen LogP contribution in [0.3, 0.4) is 0 Å². The molecule has 2 aliphatic heterocycles. The van der Waals surface area contributed by atoms with Gasteiger partial charge in [-0.25, -0.2) is 9.59 Å². The van der Waals surface area contributed by atoms with E-state index in [1.54, 1.807) is 26.1 Å². The van der Waals surface area contributed by atoms with Crippen molar-refractivity contribution >= 4 is 17.9 Å². The van der Waals surface area contributed by atoms with Gasteiger partial charge in [0.2, 0.25) is 5.91 Å². The molecule has 2 saturated heterocycles. The van der Waals surface area contributed by atoms with Gasteiger partial charge in [-0.3, -0.25) is 9.69 Å². The molecule has 1 unspecified atom stereocenters. The summed E-state index contributed by atoms with van der Waals surface area (Å²) in [6.07, 6.45) is -4.57. The second-order valence-electron chi connectivity index (χ2n) is 9.04. The highest BCUT2D eigenvalue weighted by Crippen LogP contribution is 2.35. The molecule has 1 N–H and O–H groups in total. The van der Waals surface area contributed by atoms with Crippen LogP contribution in [0.1, 0.15) is 18.9 Å². The fourth-order valence-electron chi connectivity index (χ4n) is 4.40. The minimum absolute atomic E-state index is 0.0214. The number of urea groups is 1. The summed E-state index contributed by atoms with van der Waals surface area (Å²) < 4.78 is 37.0. The molecular weight excluding hydrogens is 469 g/mol. The van der Waals surface area contributed by atoms with Crippen LogP contribution in [-0.4, -0.2) is 109 Å². The highest BCUT2D eigenvalue weighted by Gasteiger charge is 2.47.